The topological polar surface area (TPSA) is 76.4 Å². The predicted molar refractivity (Wildman–Crippen MR) is 105 cm³/mol. The standard InChI is InChI=1S/C20H17N3O3S/c24-17(22-20-21-10-11-27-20)13-26-19-16-9-5-4-8-15(16)18(25)23(19)12-14-6-2-1-3-7-14/h1-11,25H,12-13H2,(H,21,22,24). The molecule has 136 valence electrons. The third-order valence-electron chi connectivity index (χ3n) is 4.10. The summed E-state index contributed by atoms with van der Waals surface area (Å²) in [7, 11) is 0. The zero-order valence-electron chi connectivity index (χ0n) is 14.3. The van der Waals surface area contributed by atoms with Crippen LogP contribution in [0.5, 0.6) is 11.8 Å². The minimum Gasteiger partial charge on any atom is -0.494 e. The molecule has 0 atom stereocenters. The van der Waals surface area contributed by atoms with E-state index in [-0.39, 0.29) is 18.4 Å². The van der Waals surface area contributed by atoms with E-state index in [2.05, 4.69) is 10.3 Å². The van der Waals surface area contributed by atoms with Crippen LogP contribution in [0.4, 0.5) is 5.13 Å². The highest BCUT2D eigenvalue weighted by atomic mass is 32.1. The molecule has 0 saturated heterocycles. The maximum absolute atomic E-state index is 12.2. The molecule has 6 nitrogen and oxygen atoms in total. The number of thiazole rings is 1. The van der Waals surface area contributed by atoms with Crippen LogP contribution < -0.4 is 10.1 Å². The minimum atomic E-state index is -0.305. The van der Waals surface area contributed by atoms with Crippen molar-refractivity contribution in [1.29, 1.82) is 0 Å². The van der Waals surface area contributed by atoms with Crippen LogP contribution >= 0.6 is 11.3 Å². The largest absolute Gasteiger partial charge is 0.494 e. The van der Waals surface area contributed by atoms with Crippen LogP contribution in [0.1, 0.15) is 5.56 Å². The average Bonchev–Trinajstić information content (AvgIpc) is 3.29. The summed E-state index contributed by atoms with van der Waals surface area (Å²) >= 11 is 1.34. The molecule has 1 amide bonds. The van der Waals surface area contributed by atoms with Crippen LogP contribution in [0.25, 0.3) is 10.8 Å². The van der Waals surface area contributed by atoms with E-state index < -0.39 is 0 Å². The highest BCUT2D eigenvalue weighted by Crippen LogP contribution is 2.37. The molecule has 0 aliphatic rings. The number of fused-ring (bicyclic) bond motifs is 1. The highest BCUT2D eigenvalue weighted by molar-refractivity contribution is 7.13. The molecule has 0 spiro atoms. The number of nitrogens with one attached hydrogen (secondary N) is 1. The number of carbonyl (C=O) groups excluding carboxylic acids is 1. The molecule has 2 N–H and O–H groups in total. The lowest BCUT2D eigenvalue weighted by Crippen LogP contribution is -2.21. The Bertz CT molecular complexity index is 1060. The Balaban J connectivity index is 1.62. The zero-order valence-corrected chi connectivity index (χ0v) is 15.1. The van der Waals surface area contributed by atoms with Gasteiger partial charge in [0.1, 0.15) is 0 Å². The molecule has 7 heteroatoms. The second kappa shape index (κ2) is 7.51. The molecular weight excluding hydrogens is 362 g/mol. The van der Waals surface area contributed by atoms with Gasteiger partial charge < -0.3 is 9.84 Å². The van der Waals surface area contributed by atoms with Gasteiger partial charge in [-0.1, -0.05) is 42.5 Å². The lowest BCUT2D eigenvalue weighted by Gasteiger charge is -2.12. The van der Waals surface area contributed by atoms with E-state index in [9.17, 15) is 9.90 Å². The quantitative estimate of drug-likeness (QED) is 0.533. The van der Waals surface area contributed by atoms with Gasteiger partial charge >= 0.3 is 0 Å². The Morgan fingerprint density at radius 2 is 1.85 bits per heavy atom. The van der Waals surface area contributed by atoms with E-state index in [0.29, 0.717) is 22.9 Å². The number of anilines is 1. The molecule has 2 aromatic carbocycles. The first-order valence-electron chi connectivity index (χ1n) is 8.38. The van der Waals surface area contributed by atoms with Crippen molar-refractivity contribution < 1.29 is 14.6 Å². The molecule has 0 aliphatic carbocycles. The van der Waals surface area contributed by atoms with Crippen LogP contribution in [0.3, 0.4) is 0 Å². The number of hydrogen-bond acceptors (Lipinski definition) is 5. The van der Waals surface area contributed by atoms with Gasteiger partial charge in [0, 0.05) is 22.3 Å². The fourth-order valence-corrected chi connectivity index (χ4v) is 3.44. The second-order valence-electron chi connectivity index (χ2n) is 5.92. The van der Waals surface area contributed by atoms with Crippen LogP contribution in [-0.4, -0.2) is 27.2 Å². The minimum absolute atomic E-state index is 0.116. The Hall–Kier alpha value is -3.32. The first-order valence-corrected chi connectivity index (χ1v) is 9.26. The Kier molecular flexibility index (Phi) is 4.76. The maximum Gasteiger partial charge on any atom is 0.264 e. The number of benzene rings is 2. The van der Waals surface area contributed by atoms with Crippen molar-refractivity contribution in [2.24, 2.45) is 0 Å². The number of rotatable bonds is 6. The molecule has 0 aliphatic heterocycles. The van der Waals surface area contributed by atoms with Gasteiger partial charge in [-0.3, -0.25) is 14.7 Å². The Labute approximate surface area is 159 Å². The predicted octanol–water partition coefficient (Wildman–Crippen LogP) is 3.87. The third-order valence-corrected chi connectivity index (χ3v) is 4.79. The van der Waals surface area contributed by atoms with Crippen molar-refractivity contribution in [3.8, 4) is 11.8 Å². The van der Waals surface area contributed by atoms with E-state index in [1.807, 2.05) is 54.6 Å². The van der Waals surface area contributed by atoms with Crippen molar-refractivity contribution in [3.63, 3.8) is 0 Å². The summed E-state index contributed by atoms with van der Waals surface area (Å²) in [4.78, 5) is 16.2. The van der Waals surface area contributed by atoms with E-state index in [1.165, 1.54) is 11.3 Å². The SMILES string of the molecule is O=C(COc1c2ccccc2c(O)n1Cc1ccccc1)Nc1nccs1. The number of carbonyl (C=O) groups is 1. The smallest absolute Gasteiger partial charge is 0.264 e. The van der Waals surface area contributed by atoms with Gasteiger partial charge in [-0.2, -0.15) is 0 Å². The number of aromatic hydroxyl groups is 1. The lowest BCUT2D eigenvalue weighted by atomic mass is 10.2. The van der Waals surface area contributed by atoms with Crippen LogP contribution in [0, 0.1) is 0 Å². The molecule has 0 bridgehead atoms. The summed E-state index contributed by atoms with van der Waals surface area (Å²) in [5.41, 5.74) is 1.02. The molecule has 0 fully saturated rings. The van der Waals surface area contributed by atoms with E-state index in [0.717, 1.165) is 10.9 Å². The average molecular weight is 379 g/mol. The number of amides is 1. The summed E-state index contributed by atoms with van der Waals surface area (Å²) in [6.45, 7) is 0.257. The van der Waals surface area contributed by atoms with Gasteiger partial charge in [0.05, 0.1) is 6.54 Å². The monoisotopic (exact) mass is 379 g/mol. The van der Waals surface area contributed by atoms with E-state index in [4.69, 9.17) is 4.74 Å². The van der Waals surface area contributed by atoms with Crippen LogP contribution in [-0.2, 0) is 11.3 Å². The molecular formula is C20H17N3O3S. The van der Waals surface area contributed by atoms with Crippen LogP contribution in [0.2, 0.25) is 0 Å². The molecule has 4 rings (SSSR count). The number of nitrogens with zero attached hydrogens (tertiary/aromatic N) is 2. The second-order valence-corrected chi connectivity index (χ2v) is 6.81. The van der Waals surface area contributed by atoms with Crippen molar-refractivity contribution >= 4 is 33.1 Å². The molecule has 4 aromatic rings. The van der Waals surface area contributed by atoms with Crippen molar-refractivity contribution in [1.82, 2.24) is 9.55 Å². The maximum atomic E-state index is 12.2. The molecule has 27 heavy (non-hydrogen) atoms. The highest BCUT2D eigenvalue weighted by Gasteiger charge is 2.18. The Morgan fingerprint density at radius 1 is 1.11 bits per heavy atom. The number of aromatic nitrogens is 2. The van der Waals surface area contributed by atoms with E-state index >= 15 is 0 Å². The summed E-state index contributed by atoms with van der Waals surface area (Å²) in [5, 5.41) is 17.1. The molecule has 0 unspecified atom stereocenters. The van der Waals surface area contributed by atoms with Crippen molar-refractivity contribution in [2.75, 3.05) is 11.9 Å². The van der Waals surface area contributed by atoms with Gasteiger partial charge in [-0.05, 0) is 17.7 Å². The first-order chi connectivity index (χ1) is 13.2. The zero-order chi connectivity index (χ0) is 18.6. The summed E-state index contributed by atoms with van der Waals surface area (Å²) < 4.78 is 7.50. The van der Waals surface area contributed by atoms with Crippen molar-refractivity contribution in [3.05, 3.63) is 71.7 Å². The summed E-state index contributed by atoms with van der Waals surface area (Å²) in [6, 6.07) is 17.2. The number of ether oxygens (including phenoxy) is 1. The molecule has 2 aromatic heterocycles. The van der Waals surface area contributed by atoms with Gasteiger partial charge in [0.2, 0.25) is 11.8 Å². The third kappa shape index (κ3) is 3.63. The fourth-order valence-electron chi connectivity index (χ4n) is 2.89. The molecule has 0 radical (unpaired) electrons. The van der Waals surface area contributed by atoms with Crippen molar-refractivity contribution in [2.45, 2.75) is 6.54 Å². The molecule has 2 heterocycles. The van der Waals surface area contributed by atoms with Crippen LogP contribution in [0.15, 0.2) is 66.2 Å². The van der Waals surface area contributed by atoms with Gasteiger partial charge in [0.25, 0.3) is 5.91 Å². The van der Waals surface area contributed by atoms with Gasteiger partial charge in [-0.15, -0.1) is 11.3 Å². The lowest BCUT2D eigenvalue weighted by molar-refractivity contribution is -0.118. The van der Waals surface area contributed by atoms with E-state index in [1.54, 1.807) is 16.1 Å². The molecule has 0 saturated carbocycles. The van der Waals surface area contributed by atoms with Gasteiger partial charge in [-0.25, -0.2) is 4.98 Å². The number of hydrogen-bond donors (Lipinski definition) is 2. The summed E-state index contributed by atoms with van der Waals surface area (Å²) in [5.74, 6) is 0.270. The Morgan fingerprint density at radius 3 is 2.59 bits per heavy atom. The summed E-state index contributed by atoms with van der Waals surface area (Å²) in [6.07, 6.45) is 1.62. The normalized spacial score (nSPS) is 10.8. The fraction of sp³-hybridized carbons (Fsp3) is 0.100. The van der Waals surface area contributed by atoms with Gasteiger partial charge in [0.15, 0.2) is 11.7 Å². The first kappa shape index (κ1) is 17.1.